The first-order valence-corrected chi connectivity index (χ1v) is 11.7. The number of H-pyrrole nitrogens is 1. The molecule has 0 aliphatic heterocycles. The van der Waals surface area contributed by atoms with Crippen molar-refractivity contribution >= 4 is 7.82 Å². The summed E-state index contributed by atoms with van der Waals surface area (Å²) in [4.78, 5) is 18.8. The molecule has 5 N–H and O–H groups in total. The molecular formula is C22H27N2O7P. The van der Waals surface area contributed by atoms with E-state index in [4.69, 9.17) is 9.26 Å². The summed E-state index contributed by atoms with van der Waals surface area (Å²) in [5.74, 6) is 0.0707. The van der Waals surface area contributed by atoms with Crippen molar-refractivity contribution in [2.24, 2.45) is 0 Å². The lowest BCUT2D eigenvalue weighted by atomic mass is 9.94. The molecular weight excluding hydrogens is 435 g/mol. The summed E-state index contributed by atoms with van der Waals surface area (Å²) in [5, 5.41) is 27.5. The van der Waals surface area contributed by atoms with Gasteiger partial charge in [0.05, 0.1) is 18.4 Å². The Balaban J connectivity index is 2.28. The fourth-order valence-corrected chi connectivity index (χ4v) is 3.98. The Hall–Kier alpha value is -3.00. The van der Waals surface area contributed by atoms with Crippen LogP contribution >= 0.6 is 7.82 Å². The van der Waals surface area contributed by atoms with E-state index in [-0.39, 0.29) is 28.9 Å². The number of aryl methyl sites for hydroxylation is 1. The van der Waals surface area contributed by atoms with Crippen LogP contribution in [-0.2, 0) is 11.0 Å². The Bertz CT molecular complexity index is 1170. The zero-order valence-corrected chi connectivity index (χ0v) is 19.2. The van der Waals surface area contributed by atoms with Crippen LogP contribution in [0.15, 0.2) is 30.3 Å². The van der Waals surface area contributed by atoms with Crippen molar-refractivity contribution < 1.29 is 33.8 Å². The van der Waals surface area contributed by atoms with E-state index >= 15 is 0 Å². The monoisotopic (exact) mass is 462 g/mol. The largest absolute Gasteiger partial charge is 0.526 e. The first kappa shape index (κ1) is 23.7. The minimum atomic E-state index is -4.91. The Morgan fingerprint density at radius 2 is 1.84 bits per heavy atom. The highest BCUT2D eigenvalue weighted by Gasteiger charge is 2.27. The smallest absolute Gasteiger partial charge is 0.508 e. The van der Waals surface area contributed by atoms with E-state index in [2.05, 4.69) is 10.2 Å². The predicted octanol–water partition coefficient (Wildman–Crippen LogP) is 4.71. The molecule has 10 heteroatoms. The third kappa shape index (κ3) is 4.91. The van der Waals surface area contributed by atoms with E-state index in [1.807, 2.05) is 26.8 Å². The number of nitrogens with zero attached hydrogens (tertiary/aromatic N) is 1. The van der Waals surface area contributed by atoms with Crippen LogP contribution in [0.3, 0.4) is 0 Å². The lowest BCUT2D eigenvalue weighted by Gasteiger charge is -2.15. The zero-order valence-electron chi connectivity index (χ0n) is 18.3. The Morgan fingerprint density at radius 1 is 1.12 bits per heavy atom. The van der Waals surface area contributed by atoms with Crippen molar-refractivity contribution in [1.82, 2.24) is 10.2 Å². The Morgan fingerprint density at radius 3 is 2.44 bits per heavy atom. The van der Waals surface area contributed by atoms with Crippen LogP contribution in [0.1, 0.15) is 44.2 Å². The summed E-state index contributed by atoms with van der Waals surface area (Å²) < 4.78 is 21.8. The van der Waals surface area contributed by atoms with Gasteiger partial charge in [0.15, 0.2) is 0 Å². The summed E-state index contributed by atoms with van der Waals surface area (Å²) in [5.41, 5.74) is 2.93. The number of phosphoric acid groups is 1. The van der Waals surface area contributed by atoms with E-state index in [1.165, 1.54) is 6.07 Å². The molecule has 0 unspecified atom stereocenters. The van der Waals surface area contributed by atoms with Crippen LogP contribution in [0.4, 0.5) is 0 Å². The second-order valence-electron chi connectivity index (χ2n) is 7.72. The number of benzene rings is 2. The minimum Gasteiger partial charge on any atom is -0.508 e. The molecule has 0 aliphatic rings. The number of aromatic hydroxyl groups is 2. The van der Waals surface area contributed by atoms with E-state index in [0.29, 0.717) is 28.1 Å². The molecule has 0 saturated carbocycles. The number of aromatic nitrogens is 2. The molecule has 0 fully saturated rings. The molecule has 0 bridgehead atoms. The maximum Gasteiger partial charge on any atom is 0.526 e. The molecule has 9 nitrogen and oxygen atoms in total. The van der Waals surface area contributed by atoms with Gasteiger partial charge in [-0.05, 0) is 47.2 Å². The molecule has 3 rings (SSSR count). The highest BCUT2D eigenvalue weighted by Crippen LogP contribution is 2.48. The number of phosphoric ester groups is 1. The maximum atomic E-state index is 11.6. The summed E-state index contributed by atoms with van der Waals surface area (Å²) in [6.07, 6.45) is 1.58. The third-order valence-electron chi connectivity index (χ3n) is 5.06. The third-order valence-corrected chi connectivity index (χ3v) is 5.47. The second kappa shape index (κ2) is 9.24. The second-order valence-corrected chi connectivity index (χ2v) is 8.88. The van der Waals surface area contributed by atoms with E-state index in [0.717, 1.165) is 18.4 Å². The number of hydrogen-bond donors (Lipinski definition) is 5. The van der Waals surface area contributed by atoms with E-state index in [9.17, 15) is 24.6 Å². The lowest BCUT2D eigenvalue weighted by Crippen LogP contribution is -1.96. The zero-order chi connectivity index (χ0) is 23.6. The minimum absolute atomic E-state index is 0.0383. The normalized spacial score (nSPS) is 11.7. The quantitative estimate of drug-likeness (QED) is 0.303. The molecule has 0 spiro atoms. The number of nitrogens with one attached hydrogen (secondary N) is 1. The SMILES string of the molecule is CCCc1cc(-c2c(OP(=O)(O)O)n[nH]c2-c2cc(C(C)C)c(O)cc2O)ccc1OC. The lowest BCUT2D eigenvalue weighted by molar-refractivity contribution is 0.279. The van der Waals surface area contributed by atoms with Gasteiger partial charge in [-0.15, -0.1) is 5.10 Å². The summed E-state index contributed by atoms with van der Waals surface area (Å²) in [6, 6.07) is 8.16. The number of rotatable bonds is 8. The van der Waals surface area contributed by atoms with Gasteiger partial charge in [0.25, 0.3) is 5.88 Å². The van der Waals surface area contributed by atoms with Gasteiger partial charge in [0, 0.05) is 11.6 Å². The standard InChI is InChI=1S/C22H27N2O7P/c1-5-6-13-9-14(7-8-19(13)30-4)20-21(23-24-22(20)31-32(27,28)29)16-10-15(12(2)3)17(25)11-18(16)26/h7-12,25-26H,5-6H2,1-4H3,(H,23,24)(H2,27,28,29). The van der Waals surface area contributed by atoms with Gasteiger partial charge in [-0.2, -0.15) is 0 Å². The van der Waals surface area contributed by atoms with E-state index in [1.54, 1.807) is 25.3 Å². The van der Waals surface area contributed by atoms with Crippen LogP contribution in [0.2, 0.25) is 0 Å². The van der Waals surface area contributed by atoms with Crippen LogP contribution in [-0.4, -0.2) is 37.3 Å². The van der Waals surface area contributed by atoms with Crippen molar-refractivity contribution in [3.8, 4) is 45.5 Å². The van der Waals surface area contributed by atoms with Gasteiger partial charge in [-0.3, -0.25) is 14.9 Å². The number of phenolic OH excluding ortho intramolecular Hbond substituents is 2. The van der Waals surface area contributed by atoms with Crippen molar-refractivity contribution in [2.75, 3.05) is 7.11 Å². The van der Waals surface area contributed by atoms with Gasteiger partial charge in [0.1, 0.15) is 17.2 Å². The van der Waals surface area contributed by atoms with E-state index < -0.39 is 7.82 Å². The fourth-order valence-electron chi connectivity index (χ4n) is 3.62. The molecule has 0 atom stereocenters. The molecule has 32 heavy (non-hydrogen) atoms. The number of ether oxygens (including phenoxy) is 1. The average molecular weight is 462 g/mol. The Kier molecular flexibility index (Phi) is 6.83. The molecule has 2 aromatic carbocycles. The molecule has 0 radical (unpaired) electrons. The summed E-state index contributed by atoms with van der Waals surface area (Å²) in [6.45, 7) is 5.82. The molecule has 0 aliphatic carbocycles. The summed E-state index contributed by atoms with van der Waals surface area (Å²) in [7, 11) is -3.34. The average Bonchev–Trinajstić information content (AvgIpc) is 3.09. The van der Waals surface area contributed by atoms with Gasteiger partial charge in [-0.25, -0.2) is 4.57 Å². The highest BCUT2D eigenvalue weighted by atomic mass is 31.2. The van der Waals surface area contributed by atoms with Gasteiger partial charge in [-0.1, -0.05) is 33.3 Å². The molecule has 1 heterocycles. The first-order chi connectivity index (χ1) is 15.1. The number of methoxy groups -OCH3 is 1. The fraction of sp³-hybridized carbons (Fsp3) is 0.318. The van der Waals surface area contributed by atoms with Gasteiger partial charge < -0.3 is 19.5 Å². The number of phenols is 2. The molecule has 3 aromatic rings. The van der Waals surface area contributed by atoms with Crippen LogP contribution in [0.25, 0.3) is 22.4 Å². The Labute approximate surface area is 185 Å². The van der Waals surface area contributed by atoms with Crippen LogP contribution in [0, 0.1) is 0 Å². The van der Waals surface area contributed by atoms with Crippen molar-refractivity contribution in [3.63, 3.8) is 0 Å². The highest BCUT2D eigenvalue weighted by molar-refractivity contribution is 7.46. The molecule has 1 aromatic heterocycles. The van der Waals surface area contributed by atoms with Crippen molar-refractivity contribution in [3.05, 3.63) is 41.5 Å². The van der Waals surface area contributed by atoms with Crippen molar-refractivity contribution in [1.29, 1.82) is 0 Å². The van der Waals surface area contributed by atoms with Crippen LogP contribution in [0.5, 0.6) is 23.1 Å². The topological polar surface area (TPSA) is 145 Å². The molecule has 0 amide bonds. The predicted molar refractivity (Wildman–Crippen MR) is 120 cm³/mol. The van der Waals surface area contributed by atoms with Crippen molar-refractivity contribution in [2.45, 2.75) is 39.5 Å². The number of aromatic amines is 1. The molecule has 172 valence electrons. The maximum absolute atomic E-state index is 11.6. The van der Waals surface area contributed by atoms with Gasteiger partial charge in [0.2, 0.25) is 0 Å². The summed E-state index contributed by atoms with van der Waals surface area (Å²) >= 11 is 0. The first-order valence-electron chi connectivity index (χ1n) is 10.1. The van der Waals surface area contributed by atoms with Gasteiger partial charge >= 0.3 is 7.82 Å². The number of hydrogen-bond acceptors (Lipinski definition) is 6. The van der Waals surface area contributed by atoms with Crippen LogP contribution < -0.4 is 9.26 Å². The molecule has 0 saturated heterocycles.